The minimum Gasteiger partial charge on any atom is -0.511 e. The quantitative estimate of drug-likeness (QED) is 0.697. The number of carboxylic acid groups (broad SMARTS) is 1. The molecule has 0 aliphatic heterocycles. The van der Waals surface area contributed by atoms with E-state index in [0.717, 1.165) is 12.0 Å². The van der Waals surface area contributed by atoms with Crippen LogP contribution in [0.5, 0.6) is 0 Å². The van der Waals surface area contributed by atoms with Gasteiger partial charge in [-0.3, -0.25) is 14.0 Å². The summed E-state index contributed by atoms with van der Waals surface area (Å²) in [5, 5.41) is 27.0. The van der Waals surface area contributed by atoms with Crippen LogP contribution in [0.15, 0.2) is 47.4 Å². The predicted molar refractivity (Wildman–Crippen MR) is 91.2 cm³/mol. The molecule has 2 aromatic heterocycles. The monoisotopic (exact) mass is 339 g/mol. The largest absolute Gasteiger partial charge is 0.511 e. The first-order valence-electron chi connectivity index (χ1n) is 7.90. The lowest BCUT2D eigenvalue weighted by atomic mass is 10.1. The van der Waals surface area contributed by atoms with Gasteiger partial charge in [0, 0.05) is 25.1 Å². The average Bonchev–Trinajstić information content (AvgIpc) is 3.01. The maximum absolute atomic E-state index is 12.1. The molecule has 7 nitrogen and oxygen atoms in total. The van der Waals surface area contributed by atoms with Gasteiger partial charge >= 0.3 is 5.97 Å². The van der Waals surface area contributed by atoms with Crippen molar-refractivity contribution in [2.75, 3.05) is 0 Å². The molecule has 0 atom stereocenters. The van der Waals surface area contributed by atoms with Crippen LogP contribution in [0.4, 0.5) is 0 Å². The van der Waals surface area contributed by atoms with Crippen molar-refractivity contribution in [3.63, 3.8) is 0 Å². The zero-order chi connectivity index (χ0) is 17.8. The molecular formula is C18H17N3O4. The Morgan fingerprint density at radius 1 is 1.00 bits per heavy atom. The number of hydrogen-bond donors (Lipinski definition) is 2. The summed E-state index contributed by atoms with van der Waals surface area (Å²) in [6.45, 7) is 0. The van der Waals surface area contributed by atoms with Gasteiger partial charge in [-0.05, 0) is 12.0 Å². The van der Waals surface area contributed by atoms with Crippen molar-refractivity contribution >= 4 is 17.4 Å². The zero-order valence-corrected chi connectivity index (χ0v) is 13.4. The van der Waals surface area contributed by atoms with Gasteiger partial charge in [0.25, 0.3) is 0 Å². The van der Waals surface area contributed by atoms with Gasteiger partial charge in [0.15, 0.2) is 11.1 Å². The number of carboxylic acids is 1. The Balaban J connectivity index is 1.96. The van der Waals surface area contributed by atoms with Crippen molar-refractivity contribution in [2.24, 2.45) is 0 Å². The second-order valence-corrected chi connectivity index (χ2v) is 5.69. The molecule has 3 rings (SSSR count). The van der Waals surface area contributed by atoms with Crippen LogP contribution in [-0.4, -0.2) is 30.8 Å². The van der Waals surface area contributed by atoms with Crippen LogP contribution < -0.4 is 10.6 Å². The first-order valence-corrected chi connectivity index (χ1v) is 7.90. The number of hydrogen-bond acceptors (Lipinski definition) is 5. The van der Waals surface area contributed by atoms with Gasteiger partial charge in [0.1, 0.15) is 16.8 Å². The summed E-state index contributed by atoms with van der Waals surface area (Å²) in [5.74, 6) is -0.651. The third-order valence-corrected chi connectivity index (χ3v) is 3.96. The summed E-state index contributed by atoms with van der Waals surface area (Å²) < 4.78 is 1.66. The number of benzene rings is 1. The molecule has 0 unspecified atom stereocenters. The highest BCUT2D eigenvalue weighted by atomic mass is 16.4. The van der Waals surface area contributed by atoms with Gasteiger partial charge in [0.2, 0.25) is 0 Å². The number of aliphatic carboxylic acids is 1. The van der Waals surface area contributed by atoms with Gasteiger partial charge in [-0.2, -0.15) is 0 Å². The number of carbonyl (C=O) groups is 1. The Hall–Kier alpha value is -3.22. The topological polar surface area (TPSA) is 105 Å². The Bertz CT molecular complexity index is 1010. The lowest BCUT2D eigenvalue weighted by Gasteiger charge is -2.02. The predicted octanol–water partition coefficient (Wildman–Crippen LogP) is 1.12. The van der Waals surface area contributed by atoms with Crippen LogP contribution in [0.25, 0.3) is 11.4 Å². The van der Waals surface area contributed by atoms with E-state index in [2.05, 4.69) is 10.2 Å². The Labute approximate surface area is 142 Å². The molecule has 2 heterocycles. The van der Waals surface area contributed by atoms with E-state index < -0.39 is 11.4 Å². The SMILES string of the molecule is O=C(O)CC/C(O)=c1\c(=O)ccn2c(CCc3ccccc3)nnc12. The summed E-state index contributed by atoms with van der Waals surface area (Å²) in [4.78, 5) is 22.8. The second-order valence-electron chi connectivity index (χ2n) is 5.69. The molecule has 0 fully saturated rings. The van der Waals surface area contributed by atoms with Crippen LogP contribution in [0, 0.1) is 0 Å². The Morgan fingerprint density at radius 3 is 2.48 bits per heavy atom. The molecule has 2 N–H and O–H groups in total. The fraction of sp³-hybridized carbons (Fsp3) is 0.222. The maximum Gasteiger partial charge on any atom is 0.303 e. The van der Waals surface area contributed by atoms with Crippen LogP contribution in [0.2, 0.25) is 0 Å². The standard InChI is InChI=1S/C18H17N3O4/c22-13(7-9-16(24)25)17-14(23)10-11-21-15(19-20-18(17)21)8-6-12-4-2-1-3-5-12/h1-5,10-11,22H,6-9H2,(H,24,25)/b17-13-. The number of fused-ring (bicyclic) bond motifs is 1. The molecule has 1 aromatic carbocycles. The van der Waals surface area contributed by atoms with E-state index in [-0.39, 0.29) is 29.5 Å². The molecule has 0 spiro atoms. The Kier molecular flexibility index (Phi) is 4.74. The van der Waals surface area contributed by atoms with Gasteiger partial charge in [-0.25, -0.2) is 0 Å². The van der Waals surface area contributed by atoms with E-state index in [1.165, 1.54) is 6.07 Å². The van der Waals surface area contributed by atoms with E-state index in [0.29, 0.717) is 12.2 Å². The minimum absolute atomic E-state index is 0.0159. The number of aliphatic hydroxyl groups excluding tert-OH is 1. The fourth-order valence-electron chi connectivity index (χ4n) is 2.68. The molecule has 0 aliphatic carbocycles. The highest BCUT2D eigenvalue weighted by Crippen LogP contribution is 2.07. The van der Waals surface area contributed by atoms with E-state index in [9.17, 15) is 14.7 Å². The fourth-order valence-corrected chi connectivity index (χ4v) is 2.68. The van der Waals surface area contributed by atoms with E-state index in [1.807, 2.05) is 30.3 Å². The van der Waals surface area contributed by atoms with Crippen molar-refractivity contribution in [1.82, 2.24) is 14.6 Å². The third kappa shape index (κ3) is 3.65. The van der Waals surface area contributed by atoms with Crippen LogP contribution in [-0.2, 0) is 17.6 Å². The maximum atomic E-state index is 12.1. The number of aromatic nitrogens is 3. The molecule has 0 radical (unpaired) electrons. The normalized spacial score (nSPS) is 12.3. The highest BCUT2D eigenvalue weighted by Gasteiger charge is 2.12. The average molecular weight is 339 g/mol. The van der Waals surface area contributed by atoms with Crippen molar-refractivity contribution in [1.29, 1.82) is 0 Å². The molecule has 0 saturated heterocycles. The molecule has 3 aromatic rings. The minimum atomic E-state index is -1.05. The number of aryl methyl sites for hydroxylation is 2. The molecule has 0 amide bonds. The molecule has 128 valence electrons. The van der Waals surface area contributed by atoms with Crippen molar-refractivity contribution in [3.05, 3.63) is 69.4 Å². The molecule has 0 bridgehead atoms. The van der Waals surface area contributed by atoms with E-state index in [1.54, 1.807) is 10.6 Å². The van der Waals surface area contributed by atoms with Crippen molar-refractivity contribution < 1.29 is 15.0 Å². The second kappa shape index (κ2) is 7.12. The lowest BCUT2D eigenvalue weighted by molar-refractivity contribution is -0.136. The van der Waals surface area contributed by atoms with Crippen LogP contribution >= 0.6 is 0 Å². The smallest absolute Gasteiger partial charge is 0.303 e. The highest BCUT2D eigenvalue weighted by molar-refractivity contribution is 5.68. The summed E-state index contributed by atoms with van der Waals surface area (Å²) in [6.07, 6.45) is 2.58. The summed E-state index contributed by atoms with van der Waals surface area (Å²) in [5.41, 5.74) is 1.01. The van der Waals surface area contributed by atoms with Gasteiger partial charge in [-0.1, -0.05) is 30.3 Å². The number of rotatable bonds is 6. The van der Waals surface area contributed by atoms with Crippen LogP contribution in [0.3, 0.4) is 0 Å². The number of pyridine rings is 1. The van der Waals surface area contributed by atoms with E-state index in [4.69, 9.17) is 5.11 Å². The van der Waals surface area contributed by atoms with E-state index >= 15 is 0 Å². The van der Waals surface area contributed by atoms with Gasteiger partial charge < -0.3 is 10.2 Å². The summed E-state index contributed by atoms with van der Waals surface area (Å²) in [7, 11) is 0. The molecular weight excluding hydrogens is 322 g/mol. The first-order chi connectivity index (χ1) is 12.1. The third-order valence-electron chi connectivity index (χ3n) is 3.96. The van der Waals surface area contributed by atoms with Crippen LogP contribution in [0.1, 0.15) is 24.2 Å². The summed E-state index contributed by atoms with van der Waals surface area (Å²) in [6, 6.07) is 11.3. The Morgan fingerprint density at radius 2 is 1.76 bits per heavy atom. The molecule has 7 heteroatoms. The molecule has 25 heavy (non-hydrogen) atoms. The van der Waals surface area contributed by atoms with Crippen molar-refractivity contribution in [3.8, 4) is 0 Å². The molecule has 0 saturated carbocycles. The molecule has 0 aliphatic rings. The van der Waals surface area contributed by atoms with Crippen molar-refractivity contribution in [2.45, 2.75) is 25.7 Å². The lowest BCUT2D eigenvalue weighted by Crippen LogP contribution is -2.29. The van der Waals surface area contributed by atoms with Gasteiger partial charge in [-0.15, -0.1) is 10.2 Å². The zero-order valence-electron chi connectivity index (χ0n) is 13.4. The number of aliphatic hydroxyl groups is 1. The summed E-state index contributed by atoms with van der Waals surface area (Å²) >= 11 is 0. The first kappa shape index (κ1) is 16.6. The number of nitrogens with zero attached hydrogens (tertiary/aromatic N) is 3. The van der Waals surface area contributed by atoms with Gasteiger partial charge in [0.05, 0.1) is 6.42 Å².